The van der Waals surface area contributed by atoms with Crippen molar-refractivity contribution in [2.45, 2.75) is 64.3 Å². The van der Waals surface area contributed by atoms with Crippen LogP contribution in [-0.2, 0) is 12.0 Å². The molecule has 5 aliphatic rings. The Morgan fingerprint density at radius 2 is 1.70 bits per heavy atom. The van der Waals surface area contributed by atoms with E-state index in [1.54, 1.807) is 0 Å². The average molecular weight is 406 g/mol. The van der Waals surface area contributed by atoms with Gasteiger partial charge in [-0.05, 0) is 86.0 Å². The highest BCUT2D eigenvalue weighted by Crippen LogP contribution is 2.60. The maximum Gasteiger partial charge on any atom is 0.231 e. The first-order valence-electron chi connectivity index (χ1n) is 11.6. The lowest BCUT2D eigenvalue weighted by atomic mass is 9.49. The normalized spacial score (nSPS) is 31.4. The van der Waals surface area contributed by atoms with Crippen LogP contribution in [0.2, 0.25) is 0 Å². The van der Waals surface area contributed by atoms with Crippen molar-refractivity contribution in [2.24, 2.45) is 23.7 Å². The zero-order valence-electron chi connectivity index (χ0n) is 18.0. The summed E-state index contributed by atoms with van der Waals surface area (Å²) in [4.78, 5) is 0. The molecule has 1 aromatic heterocycles. The van der Waals surface area contributed by atoms with Gasteiger partial charge >= 0.3 is 0 Å². The van der Waals surface area contributed by atoms with Crippen LogP contribution in [0.3, 0.4) is 0 Å². The molecule has 4 saturated carbocycles. The van der Waals surface area contributed by atoms with Crippen molar-refractivity contribution in [3.05, 3.63) is 35.4 Å². The molecule has 2 heterocycles. The van der Waals surface area contributed by atoms with Crippen molar-refractivity contribution in [2.75, 3.05) is 6.79 Å². The molecule has 4 fully saturated rings. The van der Waals surface area contributed by atoms with Crippen LogP contribution in [-0.4, -0.2) is 21.6 Å². The Morgan fingerprint density at radius 3 is 2.40 bits per heavy atom. The second-order valence-electron chi connectivity index (χ2n) is 10.5. The lowest BCUT2D eigenvalue weighted by Crippen LogP contribution is -2.49. The van der Waals surface area contributed by atoms with Crippen molar-refractivity contribution < 1.29 is 9.47 Å². The minimum atomic E-state index is 0.265. The van der Waals surface area contributed by atoms with E-state index in [9.17, 15) is 0 Å². The van der Waals surface area contributed by atoms with Crippen molar-refractivity contribution in [1.82, 2.24) is 14.8 Å². The summed E-state index contributed by atoms with van der Waals surface area (Å²) >= 11 is 0. The van der Waals surface area contributed by atoms with Gasteiger partial charge in [-0.2, -0.15) is 0 Å². The highest BCUT2D eigenvalue weighted by atomic mass is 16.7. The first kappa shape index (κ1) is 18.5. The molecule has 1 aromatic carbocycles. The molecule has 0 saturated heterocycles. The van der Waals surface area contributed by atoms with Gasteiger partial charge in [-0.15, -0.1) is 10.2 Å². The summed E-state index contributed by atoms with van der Waals surface area (Å²) in [6.45, 7) is 5.86. The van der Waals surface area contributed by atoms with Crippen LogP contribution in [0.5, 0.6) is 11.5 Å². The van der Waals surface area contributed by atoms with Gasteiger partial charge in [0, 0.05) is 12.0 Å². The number of hydrogen-bond acceptors (Lipinski definition) is 4. The fraction of sp³-hybridized carbons (Fsp3) is 0.600. The van der Waals surface area contributed by atoms with Crippen molar-refractivity contribution in [3.63, 3.8) is 0 Å². The van der Waals surface area contributed by atoms with Gasteiger partial charge in [0.05, 0.1) is 0 Å². The second-order valence-corrected chi connectivity index (χ2v) is 10.5. The number of fused-ring (bicyclic) bond motifs is 1. The van der Waals surface area contributed by atoms with Crippen LogP contribution in [0, 0.1) is 23.7 Å². The number of aromatic nitrogens is 3. The van der Waals surface area contributed by atoms with Gasteiger partial charge < -0.3 is 14.0 Å². The third kappa shape index (κ3) is 3.05. The molecule has 0 radical (unpaired) electrons. The summed E-state index contributed by atoms with van der Waals surface area (Å²) in [6, 6.07) is 6.07. The molecule has 5 heteroatoms. The Morgan fingerprint density at radius 1 is 1.00 bits per heavy atom. The summed E-state index contributed by atoms with van der Waals surface area (Å²) < 4.78 is 13.4. The quantitative estimate of drug-likeness (QED) is 0.677. The zero-order chi connectivity index (χ0) is 20.3. The molecule has 0 N–H and O–H groups in total. The lowest BCUT2D eigenvalue weighted by Gasteiger charge is -2.56. The molecule has 2 aromatic rings. The van der Waals surface area contributed by atoms with E-state index >= 15 is 0 Å². The molecular formula is C25H31N3O2. The number of nitrogens with zero attached hydrogens (tertiary/aromatic N) is 3. The molecule has 4 aliphatic carbocycles. The van der Waals surface area contributed by atoms with E-state index in [2.05, 4.69) is 41.7 Å². The van der Waals surface area contributed by atoms with E-state index in [1.807, 2.05) is 12.1 Å². The summed E-state index contributed by atoms with van der Waals surface area (Å²) in [5.74, 6) is 7.17. The van der Waals surface area contributed by atoms with Crippen LogP contribution in [0.4, 0.5) is 0 Å². The predicted octanol–water partition coefficient (Wildman–Crippen LogP) is 5.30. The number of benzene rings is 1. The van der Waals surface area contributed by atoms with Gasteiger partial charge in [0.15, 0.2) is 17.3 Å². The van der Waals surface area contributed by atoms with E-state index in [4.69, 9.17) is 14.6 Å². The van der Waals surface area contributed by atoms with E-state index in [1.165, 1.54) is 44.3 Å². The van der Waals surface area contributed by atoms with E-state index in [-0.39, 0.29) is 5.41 Å². The van der Waals surface area contributed by atoms with Crippen LogP contribution >= 0.6 is 0 Å². The van der Waals surface area contributed by atoms with Gasteiger partial charge in [-0.3, -0.25) is 0 Å². The second kappa shape index (κ2) is 6.86. The van der Waals surface area contributed by atoms with Crippen molar-refractivity contribution in [1.29, 1.82) is 0 Å². The maximum atomic E-state index is 5.52. The van der Waals surface area contributed by atoms with E-state index in [0.29, 0.717) is 12.7 Å². The van der Waals surface area contributed by atoms with Gasteiger partial charge in [-0.1, -0.05) is 26.0 Å². The molecule has 1 aliphatic heterocycles. The van der Waals surface area contributed by atoms with Crippen LogP contribution < -0.4 is 9.47 Å². The Labute approximate surface area is 178 Å². The zero-order valence-corrected chi connectivity index (χ0v) is 18.0. The van der Waals surface area contributed by atoms with E-state index < -0.39 is 0 Å². The monoisotopic (exact) mass is 405 g/mol. The van der Waals surface area contributed by atoms with Crippen LogP contribution in [0.25, 0.3) is 12.2 Å². The Kier molecular flexibility index (Phi) is 4.22. The molecule has 7 rings (SSSR count). The number of rotatable bonds is 5. The highest BCUT2D eigenvalue weighted by Gasteiger charge is 2.53. The minimum Gasteiger partial charge on any atom is -0.454 e. The third-order valence-corrected chi connectivity index (χ3v) is 7.66. The van der Waals surface area contributed by atoms with Crippen LogP contribution in [0.15, 0.2) is 18.2 Å². The third-order valence-electron chi connectivity index (χ3n) is 7.66. The van der Waals surface area contributed by atoms with Crippen molar-refractivity contribution >= 4 is 12.2 Å². The molecule has 0 spiro atoms. The Hall–Kier alpha value is -2.30. The van der Waals surface area contributed by atoms with Gasteiger partial charge in [0.25, 0.3) is 0 Å². The summed E-state index contributed by atoms with van der Waals surface area (Å²) in [6.07, 6.45) is 12.6. The fourth-order valence-corrected chi connectivity index (χ4v) is 6.95. The van der Waals surface area contributed by atoms with Gasteiger partial charge in [-0.25, -0.2) is 0 Å². The molecule has 4 bridgehead atoms. The van der Waals surface area contributed by atoms with Crippen LogP contribution in [0.1, 0.15) is 69.6 Å². The first-order valence-corrected chi connectivity index (χ1v) is 11.6. The summed E-state index contributed by atoms with van der Waals surface area (Å²) in [5.41, 5.74) is 1.36. The lowest BCUT2D eigenvalue weighted by molar-refractivity contribution is -0.0114. The maximum absolute atomic E-state index is 5.52. The average Bonchev–Trinajstić information content (AvgIpc) is 3.31. The fourth-order valence-electron chi connectivity index (χ4n) is 6.95. The van der Waals surface area contributed by atoms with Gasteiger partial charge in [0.2, 0.25) is 6.79 Å². The highest BCUT2D eigenvalue weighted by molar-refractivity contribution is 5.68. The molecule has 0 atom stereocenters. The molecule has 0 amide bonds. The standard InChI is InChI=1S/C25H31N3O2/c1-16(2)14-28-23(6-4-17-3-5-21-22(10-17)30-15-29-21)26-27-24(28)25-11-18-7-19(12-25)9-20(8-18)13-25/h3-6,10,16,18-20H,7-9,11-15H2,1-2H3. The van der Waals surface area contributed by atoms with Gasteiger partial charge in [0.1, 0.15) is 5.82 Å². The number of ether oxygens (including phenoxy) is 2. The number of hydrogen-bond donors (Lipinski definition) is 0. The topological polar surface area (TPSA) is 49.2 Å². The smallest absolute Gasteiger partial charge is 0.231 e. The SMILES string of the molecule is CC(C)Cn1c(C=Cc2ccc3c(c2)OCO3)nnc1C12CC3CC(CC(C3)C1)C2. The molecule has 30 heavy (non-hydrogen) atoms. The largest absolute Gasteiger partial charge is 0.454 e. The minimum absolute atomic E-state index is 0.265. The first-order chi connectivity index (χ1) is 14.6. The summed E-state index contributed by atoms with van der Waals surface area (Å²) in [5, 5.41) is 9.53. The molecule has 0 unspecified atom stereocenters. The Bertz CT molecular complexity index is 955. The molecular weight excluding hydrogens is 374 g/mol. The summed E-state index contributed by atoms with van der Waals surface area (Å²) in [7, 11) is 0. The molecule has 5 nitrogen and oxygen atoms in total. The Balaban J connectivity index is 1.34. The van der Waals surface area contributed by atoms with E-state index in [0.717, 1.165) is 47.2 Å². The van der Waals surface area contributed by atoms with Crippen molar-refractivity contribution in [3.8, 4) is 11.5 Å². The molecule has 158 valence electrons. The predicted molar refractivity (Wildman–Crippen MR) is 116 cm³/mol.